The van der Waals surface area contributed by atoms with Crippen molar-refractivity contribution in [3.8, 4) is 0 Å². The summed E-state index contributed by atoms with van der Waals surface area (Å²) in [6.45, 7) is 5.09. The lowest BCUT2D eigenvalue weighted by Crippen LogP contribution is -2.79. The molecular weight excluding hydrogens is 269 g/mol. The van der Waals surface area contributed by atoms with Crippen LogP contribution in [0.1, 0.15) is 46.5 Å². The molecule has 6 heteroatoms. The van der Waals surface area contributed by atoms with Gasteiger partial charge in [0.25, 0.3) is 0 Å². The van der Waals surface area contributed by atoms with Gasteiger partial charge in [-0.1, -0.05) is 25.5 Å². The summed E-state index contributed by atoms with van der Waals surface area (Å²) in [5, 5.41) is 11.7. The van der Waals surface area contributed by atoms with Crippen LogP contribution in [-0.2, 0) is 14.3 Å². The van der Waals surface area contributed by atoms with Crippen LogP contribution >= 0.6 is 0 Å². The van der Waals surface area contributed by atoms with Gasteiger partial charge >= 0.3 is 5.97 Å². The monoisotopic (exact) mass is 291 g/mol. The zero-order valence-corrected chi connectivity index (χ0v) is 12.8. The van der Waals surface area contributed by atoms with E-state index in [9.17, 15) is 14.7 Å². The number of rotatable bonds is 6. The van der Waals surface area contributed by atoms with Gasteiger partial charge in [0.05, 0.1) is 14.0 Å². The second kappa shape index (κ2) is 5.16. The average Bonchev–Trinajstić information content (AvgIpc) is 2.54. The van der Waals surface area contributed by atoms with E-state index in [-0.39, 0.29) is 0 Å². The molecule has 0 unspecified atom stereocenters. The molecule has 2 N–H and O–H groups in total. The van der Waals surface area contributed by atoms with Gasteiger partial charge in [0.2, 0.25) is 11.4 Å². The number of unbranched alkanes of at least 4 members (excludes halogenated alkanes) is 2. The Morgan fingerprint density at radius 1 is 1.38 bits per heavy atom. The molecule has 0 bridgehead atoms. The Hall–Kier alpha value is -1.30. The van der Waals surface area contributed by atoms with Gasteiger partial charge < -0.3 is 15.2 Å². The molecule has 114 valence electrons. The van der Waals surface area contributed by atoms with Crippen LogP contribution in [0.25, 0.3) is 0 Å². The number of nitrogens with one attached hydrogen (secondary N) is 1. The maximum atomic E-state index is 12.0. The standard InChI is InChI=1S/C15H22BNO4/c1-4-5-6-7-8-9-10(18)15-12(20)21-14(15,3)13(2,16)11(19)17-15/h4-5,10,18H,6-9H2,1-3H3,(H,17,19)/b5-4-/t10-,13-,14-,15-/m0/s1. The van der Waals surface area contributed by atoms with E-state index in [4.69, 9.17) is 12.6 Å². The van der Waals surface area contributed by atoms with Crippen LogP contribution in [-0.4, -0.2) is 42.1 Å². The highest BCUT2D eigenvalue weighted by Gasteiger charge is 2.81. The van der Waals surface area contributed by atoms with E-state index in [0.717, 1.165) is 19.3 Å². The van der Waals surface area contributed by atoms with E-state index in [1.54, 1.807) is 6.92 Å². The normalized spacial score (nSPS) is 39.6. The molecule has 2 aliphatic heterocycles. The van der Waals surface area contributed by atoms with Crippen molar-refractivity contribution in [1.82, 2.24) is 5.32 Å². The Labute approximate surface area is 126 Å². The summed E-state index contributed by atoms with van der Waals surface area (Å²) in [5.41, 5.74) is -2.62. The van der Waals surface area contributed by atoms with Crippen molar-refractivity contribution in [2.24, 2.45) is 0 Å². The molecule has 1 amide bonds. The third-order valence-electron chi connectivity index (χ3n) is 4.98. The van der Waals surface area contributed by atoms with Crippen molar-refractivity contribution in [3.63, 3.8) is 0 Å². The maximum absolute atomic E-state index is 12.0. The number of hydrogen-bond donors (Lipinski definition) is 2. The Kier molecular flexibility index (Phi) is 3.95. The number of carbonyl (C=O) groups is 2. The third kappa shape index (κ3) is 1.95. The first kappa shape index (κ1) is 16.1. The summed E-state index contributed by atoms with van der Waals surface area (Å²) in [4.78, 5) is 24.0. The van der Waals surface area contributed by atoms with E-state index in [1.807, 2.05) is 13.0 Å². The Bertz CT molecular complexity index is 490. The number of aliphatic hydroxyl groups is 1. The van der Waals surface area contributed by atoms with Crippen LogP contribution in [0, 0.1) is 0 Å². The quantitative estimate of drug-likeness (QED) is 0.331. The highest BCUT2D eigenvalue weighted by Crippen LogP contribution is 2.59. The van der Waals surface area contributed by atoms with Crippen LogP contribution < -0.4 is 5.32 Å². The fourth-order valence-corrected chi connectivity index (χ4v) is 3.23. The number of aliphatic hydroxyl groups excluding tert-OH is 1. The van der Waals surface area contributed by atoms with Crippen molar-refractivity contribution < 1.29 is 19.4 Å². The van der Waals surface area contributed by atoms with Crippen molar-refractivity contribution in [1.29, 1.82) is 0 Å². The van der Waals surface area contributed by atoms with Crippen LogP contribution in [0.15, 0.2) is 12.2 Å². The largest absolute Gasteiger partial charge is 0.454 e. The third-order valence-corrected chi connectivity index (χ3v) is 4.98. The smallest absolute Gasteiger partial charge is 0.339 e. The maximum Gasteiger partial charge on any atom is 0.339 e. The molecule has 21 heavy (non-hydrogen) atoms. The number of amides is 1. The molecule has 2 saturated heterocycles. The number of esters is 1. The number of hydrogen-bond acceptors (Lipinski definition) is 4. The van der Waals surface area contributed by atoms with E-state index in [2.05, 4.69) is 11.4 Å². The first-order valence-corrected chi connectivity index (χ1v) is 7.38. The first-order valence-electron chi connectivity index (χ1n) is 7.38. The highest BCUT2D eigenvalue weighted by molar-refractivity contribution is 6.32. The molecule has 0 saturated carbocycles. The van der Waals surface area contributed by atoms with Gasteiger partial charge in [-0.15, -0.1) is 0 Å². The number of ether oxygens (including phenoxy) is 1. The first-order chi connectivity index (χ1) is 9.74. The number of carbonyl (C=O) groups excluding carboxylic acids is 2. The molecule has 2 aliphatic rings. The average molecular weight is 291 g/mol. The van der Waals surface area contributed by atoms with Gasteiger partial charge in [0, 0.05) is 5.31 Å². The zero-order chi connectivity index (χ0) is 15.9. The van der Waals surface area contributed by atoms with E-state index < -0.39 is 34.4 Å². The second-order valence-electron chi connectivity index (χ2n) is 6.26. The van der Waals surface area contributed by atoms with Crippen molar-refractivity contribution in [2.75, 3.05) is 0 Å². The molecule has 0 aliphatic carbocycles. The Morgan fingerprint density at radius 2 is 2.05 bits per heavy atom. The summed E-state index contributed by atoms with van der Waals surface area (Å²) in [7, 11) is 6.01. The molecule has 5 nitrogen and oxygen atoms in total. The Morgan fingerprint density at radius 3 is 2.57 bits per heavy atom. The molecule has 0 aromatic carbocycles. The van der Waals surface area contributed by atoms with Crippen molar-refractivity contribution >= 4 is 19.7 Å². The molecule has 4 atom stereocenters. The summed E-state index contributed by atoms with van der Waals surface area (Å²) in [6, 6.07) is 0. The lowest BCUT2D eigenvalue weighted by atomic mass is 9.53. The van der Waals surface area contributed by atoms with Crippen LogP contribution in [0.2, 0.25) is 5.31 Å². The molecule has 0 spiro atoms. The molecule has 0 aromatic rings. The minimum Gasteiger partial charge on any atom is -0.454 e. The van der Waals surface area contributed by atoms with Crippen molar-refractivity contribution in [3.05, 3.63) is 12.2 Å². The summed E-state index contributed by atoms with van der Waals surface area (Å²) < 4.78 is 5.19. The predicted octanol–water partition coefficient (Wildman–Crippen LogP) is 1.01. The van der Waals surface area contributed by atoms with Crippen LogP contribution in [0.4, 0.5) is 0 Å². The molecule has 2 radical (unpaired) electrons. The zero-order valence-electron chi connectivity index (χ0n) is 12.8. The van der Waals surface area contributed by atoms with Gasteiger partial charge in [-0.25, -0.2) is 4.79 Å². The van der Waals surface area contributed by atoms with Gasteiger partial charge in [-0.05, 0) is 33.1 Å². The number of allylic oxidation sites excluding steroid dienone is 2. The lowest BCUT2D eigenvalue weighted by Gasteiger charge is -2.55. The number of fused-ring (bicyclic) bond motifs is 1. The highest BCUT2D eigenvalue weighted by atomic mass is 16.6. The van der Waals surface area contributed by atoms with Gasteiger partial charge in [-0.3, -0.25) is 4.79 Å². The predicted molar refractivity (Wildman–Crippen MR) is 78.8 cm³/mol. The summed E-state index contributed by atoms with van der Waals surface area (Å²) in [5.74, 6) is -1.07. The molecule has 0 aromatic heterocycles. The molecule has 2 rings (SSSR count). The van der Waals surface area contributed by atoms with Gasteiger partial charge in [0.15, 0.2) is 5.60 Å². The topological polar surface area (TPSA) is 75.6 Å². The van der Waals surface area contributed by atoms with E-state index in [1.165, 1.54) is 6.92 Å². The van der Waals surface area contributed by atoms with E-state index in [0.29, 0.717) is 6.42 Å². The van der Waals surface area contributed by atoms with Crippen LogP contribution in [0.5, 0.6) is 0 Å². The fourth-order valence-electron chi connectivity index (χ4n) is 3.23. The van der Waals surface area contributed by atoms with Crippen molar-refractivity contribution in [2.45, 2.75) is 69.0 Å². The molecule has 2 heterocycles. The van der Waals surface area contributed by atoms with Crippen LogP contribution in [0.3, 0.4) is 0 Å². The molecule has 2 fully saturated rings. The lowest BCUT2D eigenvalue weighted by molar-refractivity contribution is -0.232. The SMILES string of the molecule is [B][C@@]1(C)C(=O)N[C@@]2([C@@H](O)CCCC/C=C\C)C(=O)O[C@]21C. The summed E-state index contributed by atoms with van der Waals surface area (Å²) in [6.07, 6.45) is 6.05. The fraction of sp³-hybridized carbons (Fsp3) is 0.733. The summed E-state index contributed by atoms with van der Waals surface area (Å²) >= 11 is 0. The Balaban J connectivity index is 2.10. The van der Waals surface area contributed by atoms with Gasteiger partial charge in [-0.2, -0.15) is 0 Å². The van der Waals surface area contributed by atoms with Gasteiger partial charge in [0.1, 0.15) is 0 Å². The minimum absolute atomic E-state index is 0.415. The molecular formula is C15H22BNO4. The van der Waals surface area contributed by atoms with E-state index >= 15 is 0 Å². The second-order valence-corrected chi connectivity index (χ2v) is 6.26. The minimum atomic E-state index is -1.41.